The summed E-state index contributed by atoms with van der Waals surface area (Å²) in [5.41, 5.74) is -7.70. The summed E-state index contributed by atoms with van der Waals surface area (Å²) < 4.78 is 216. The van der Waals surface area contributed by atoms with E-state index in [1.807, 2.05) is 0 Å². The van der Waals surface area contributed by atoms with Crippen LogP contribution in [0.25, 0.3) is 0 Å². The van der Waals surface area contributed by atoms with Crippen molar-refractivity contribution >= 4 is 0 Å². The van der Waals surface area contributed by atoms with Gasteiger partial charge in [0.1, 0.15) is 11.1 Å². The molecule has 0 aliphatic carbocycles. The van der Waals surface area contributed by atoms with E-state index in [1.54, 1.807) is 0 Å². The van der Waals surface area contributed by atoms with E-state index in [9.17, 15) is 70.2 Å². The molecule has 0 spiro atoms. The Morgan fingerprint density at radius 3 is 0.645 bits per heavy atom. The number of hydrogen-bond acceptors (Lipinski definition) is 0. The molecule has 172 valence electrons. The van der Waals surface area contributed by atoms with Gasteiger partial charge in [0, 0.05) is 0 Å². The molecule has 0 bridgehead atoms. The van der Waals surface area contributed by atoms with E-state index >= 15 is 0 Å². The average Bonchev–Trinajstić information content (AvgIpc) is 2.67. The van der Waals surface area contributed by atoms with Crippen molar-refractivity contribution in [3.05, 3.63) is 69.3 Å². The zero-order chi connectivity index (χ0) is 24.4. The van der Waals surface area contributed by atoms with E-state index in [0.29, 0.717) is 0 Å². The van der Waals surface area contributed by atoms with Crippen LogP contribution in [0.1, 0.15) is 11.1 Å². The maximum absolute atomic E-state index is 14.0. The Morgan fingerprint density at radius 2 is 0.452 bits per heavy atom. The molecule has 0 N–H and O–H groups in total. The van der Waals surface area contributed by atoms with Crippen LogP contribution >= 0.6 is 0 Å². The summed E-state index contributed by atoms with van der Waals surface area (Å²) in [7, 11) is 0. The fourth-order valence-electron chi connectivity index (χ4n) is 2.27. The number of benzene rings is 2. The Balaban J connectivity index is 2.90. The van der Waals surface area contributed by atoms with Gasteiger partial charge < -0.3 is 0 Å². The lowest BCUT2D eigenvalue weighted by atomic mass is 9.91. The third-order valence-corrected chi connectivity index (χ3v) is 3.84. The average molecular weight is 484 g/mol. The first-order chi connectivity index (χ1) is 13.9. The molecule has 0 atom stereocenters. The van der Waals surface area contributed by atoms with Gasteiger partial charge in [0.15, 0.2) is 46.5 Å². The van der Waals surface area contributed by atoms with Crippen LogP contribution in [0.5, 0.6) is 0 Å². The standard InChI is InChI=1S/C15F16/c16-3-1(4(17)8(21)11(24)7(3)20)13(26,27)15(30,31)14(28,29)2-5(18)9(22)12(25)10(23)6(2)19. The van der Waals surface area contributed by atoms with Gasteiger partial charge >= 0.3 is 17.8 Å². The lowest BCUT2D eigenvalue weighted by Gasteiger charge is -2.33. The molecule has 0 aliphatic rings. The fourth-order valence-corrected chi connectivity index (χ4v) is 2.27. The summed E-state index contributed by atoms with van der Waals surface area (Å²) in [5, 5.41) is 0. The van der Waals surface area contributed by atoms with Gasteiger partial charge in [-0.05, 0) is 0 Å². The second-order valence-corrected chi connectivity index (χ2v) is 5.61. The summed E-state index contributed by atoms with van der Waals surface area (Å²) in [5.74, 6) is -56.2. The number of alkyl halides is 6. The summed E-state index contributed by atoms with van der Waals surface area (Å²) in [6.45, 7) is 0. The molecule has 0 saturated heterocycles. The van der Waals surface area contributed by atoms with Crippen LogP contribution in [-0.2, 0) is 11.8 Å². The second kappa shape index (κ2) is 7.19. The van der Waals surface area contributed by atoms with E-state index in [-0.39, 0.29) is 0 Å². The molecule has 0 aliphatic heterocycles. The van der Waals surface area contributed by atoms with Crippen LogP contribution in [0.2, 0.25) is 0 Å². The van der Waals surface area contributed by atoms with Crippen molar-refractivity contribution < 1.29 is 70.2 Å². The Bertz CT molecular complexity index is 928. The van der Waals surface area contributed by atoms with Crippen LogP contribution < -0.4 is 0 Å². The van der Waals surface area contributed by atoms with Gasteiger partial charge in [0.05, 0.1) is 0 Å². The van der Waals surface area contributed by atoms with Crippen molar-refractivity contribution in [2.75, 3.05) is 0 Å². The van der Waals surface area contributed by atoms with Crippen LogP contribution in [0.3, 0.4) is 0 Å². The normalized spacial score (nSPS) is 13.2. The number of hydrogen-bond donors (Lipinski definition) is 0. The van der Waals surface area contributed by atoms with Crippen molar-refractivity contribution in [3.63, 3.8) is 0 Å². The highest BCUT2D eigenvalue weighted by atomic mass is 19.3. The van der Waals surface area contributed by atoms with Crippen molar-refractivity contribution in [1.82, 2.24) is 0 Å². The van der Waals surface area contributed by atoms with Gasteiger partial charge in [-0.25, -0.2) is 43.9 Å². The predicted molar refractivity (Wildman–Crippen MR) is 65.2 cm³/mol. The Hall–Kier alpha value is -2.68. The predicted octanol–water partition coefficient (Wildman–Crippen LogP) is 6.60. The van der Waals surface area contributed by atoms with Gasteiger partial charge in [-0.1, -0.05) is 0 Å². The van der Waals surface area contributed by atoms with Crippen LogP contribution in [-0.4, -0.2) is 5.92 Å². The first kappa shape index (κ1) is 24.6. The highest BCUT2D eigenvalue weighted by Crippen LogP contribution is 2.57. The van der Waals surface area contributed by atoms with Crippen LogP contribution in [0.4, 0.5) is 70.2 Å². The monoisotopic (exact) mass is 484 g/mol. The summed E-state index contributed by atoms with van der Waals surface area (Å²) in [6.07, 6.45) is 0. The van der Waals surface area contributed by atoms with Crippen LogP contribution in [0, 0.1) is 58.2 Å². The minimum atomic E-state index is -7.52. The Morgan fingerprint density at radius 1 is 0.290 bits per heavy atom. The van der Waals surface area contributed by atoms with Gasteiger partial charge in [-0.3, -0.25) is 0 Å². The van der Waals surface area contributed by atoms with E-state index in [4.69, 9.17) is 0 Å². The van der Waals surface area contributed by atoms with E-state index in [1.165, 1.54) is 0 Å². The van der Waals surface area contributed by atoms with E-state index < -0.39 is 87.1 Å². The molecule has 0 amide bonds. The van der Waals surface area contributed by atoms with Gasteiger partial charge in [-0.2, -0.15) is 26.3 Å². The molecule has 0 saturated carbocycles. The molecule has 0 aromatic heterocycles. The first-order valence-corrected chi connectivity index (χ1v) is 7.02. The van der Waals surface area contributed by atoms with Gasteiger partial charge in [0.25, 0.3) is 0 Å². The zero-order valence-electron chi connectivity index (χ0n) is 13.5. The summed E-state index contributed by atoms with van der Waals surface area (Å²) in [6, 6.07) is 0. The van der Waals surface area contributed by atoms with Crippen molar-refractivity contribution in [1.29, 1.82) is 0 Å². The van der Waals surface area contributed by atoms with E-state index in [2.05, 4.69) is 0 Å². The van der Waals surface area contributed by atoms with Gasteiger partial charge in [0.2, 0.25) is 11.6 Å². The highest BCUT2D eigenvalue weighted by molar-refractivity contribution is 5.35. The second-order valence-electron chi connectivity index (χ2n) is 5.61. The van der Waals surface area contributed by atoms with Crippen molar-refractivity contribution in [2.45, 2.75) is 17.8 Å². The third-order valence-electron chi connectivity index (χ3n) is 3.84. The smallest absolute Gasteiger partial charge is 0.203 e. The summed E-state index contributed by atoms with van der Waals surface area (Å²) in [4.78, 5) is 0. The van der Waals surface area contributed by atoms with E-state index in [0.717, 1.165) is 0 Å². The lowest BCUT2D eigenvalue weighted by Crippen LogP contribution is -2.52. The molecule has 0 radical (unpaired) electrons. The van der Waals surface area contributed by atoms with Gasteiger partial charge in [-0.15, -0.1) is 0 Å². The molecule has 0 heterocycles. The fraction of sp³-hybridized carbons (Fsp3) is 0.200. The SMILES string of the molecule is Fc1c(F)c(F)c(C(F)(F)C(F)(F)C(F)(F)c2c(F)c(F)c(F)c(F)c2F)c(F)c1F. The molecule has 0 unspecified atom stereocenters. The number of halogens is 16. The maximum atomic E-state index is 14.0. The Labute approximate surface area is 158 Å². The molecule has 0 fully saturated rings. The first-order valence-electron chi connectivity index (χ1n) is 7.02. The minimum Gasteiger partial charge on any atom is -0.203 e. The van der Waals surface area contributed by atoms with Crippen LogP contribution in [0.15, 0.2) is 0 Å². The summed E-state index contributed by atoms with van der Waals surface area (Å²) >= 11 is 0. The molecule has 2 aromatic rings. The molecule has 2 aromatic carbocycles. The van der Waals surface area contributed by atoms with Crippen molar-refractivity contribution in [3.8, 4) is 0 Å². The molecular formula is C15F16. The number of rotatable bonds is 4. The Kier molecular flexibility index (Phi) is 5.70. The quantitative estimate of drug-likeness (QED) is 0.261. The molecule has 31 heavy (non-hydrogen) atoms. The lowest BCUT2D eigenvalue weighted by molar-refractivity contribution is -0.324. The van der Waals surface area contributed by atoms with Crippen molar-refractivity contribution in [2.24, 2.45) is 0 Å². The molecule has 16 heteroatoms. The maximum Gasteiger partial charge on any atom is 0.381 e. The molecule has 2 rings (SSSR count). The molecular weight excluding hydrogens is 484 g/mol. The molecule has 0 nitrogen and oxygen atoms in total. The minimum absolute atomic E-state index is 3.16. The topological polar surface area (TPSA) is 0 Å². The zero-order valence-corrected chi connectivity index (χ0v) is 13.5. The largest absolute Gasteiger partial charge is 0.381 e. The highest BCUT2D eigenvalue weighted by Gasteiger charge is 2.75. The third kappa shape index (κ3) is 3.09.